The van der Waals surface area contributed by atoms with E-state index in [1.54, 1.807) is 0 Å². The summed E-state index contributed by atoms with van der Waals surface area (Å²) in [5.74, 6) is 0.373. The van der Waals surface area contributed by atoms with Crippen LogP contribution in [0.25, 0.3) is 0 Å². The van der Waals surface area contributed by atoms with E-state index in [0.717, 1.165) is 37.5 Å². The van der Waals surface area contributed by atoms with Crippen molar-refractivity contribution in [3.05, 3.63) is 23.0 Å². The first kappa shape index (κ1) is 14.9. The Bertz CT molecular complexity index is 495. The van der Waals surface area contributed by atoms with Crippen LogP contribution in [0.1, 0.15) is 25.7 Å². The van der Waals surface area contributed by atoms with Crippen molar-refractivity contribution in [1.82, 2.24) is 4.90 Å². The topological polar surface area (TPSA) is 32.5 Å². The van der Waals surface area contributed by atoms with Crippen molar-refractivity contribution in [2.75, 3.05) is 43.4 Å². The van der Waals surface area contributed by atoms with Crippen LogP contribution in [-0.2, 0) is 0 Å². The number of hydrogen-bond donors (Lipinski definition) is 1. The van der Waals surface area contributed by atoms with Gasteiger partial charge in [-0.05, 0) is 50.8 Å². The predicted octanol–water partition coefficient (Wildman–Crippen LogP) is 3.37. The van der Waals surface area contributed by atoms with Crippen molar-refractivity contribution in [1.29, 1.82) is 0 Å². The number of nitrogen functional groups attached to an aromatic ring is 1. The molecule has 3 rings (SSSR count). The second-order valence-electron chi connectivity index (χ2n) is 6.26. The summed E-state index contributed by atoms with van der Waals surface area (Å²) in [6.07, 6.45) is 5.00. The number of hydrogen-bond acceptors (Lipinski definition) is 3. The van der Waals surface area contributed by atoms with Crippen LogP contribution >= 0.6 is 11.6 Å². The van der Waals surface area contributed by atoms with Gasteiger partial charge < -0.3 is 15.5 Å². The second kappa shape index (κ2) is 6.41. The van der Waals surface area contributed by atoms with Gasteiger partial charge in [0.1, 0.15) is 5.82 Å². The minimum absolute atomic E-state index is 0.0974. The van der Waals surface area contributed by atoms with Crippen molar-refractivity contribution < 1.29 is 4.39 Å². The van der Waals surface area contributed by atoms with E-state index in [1.807, 2.05) is 0 Å². The summed E-state index contributed by atoms with van der Waals surface area (Å²) in [5.41, 5.74) is 7.34. The molecule has 2 fully saturated rings. The lowest BCUT2D eigenvalue weighted by molar-refractivity contribution is 0.249. The maximum Gasteiger partial charge on any atom is 0.144 e. The van der Waals surface area contributed by atoms with E-state index in [0.29, 0.717) is 5.69 Å². The molecular formula is C16H23ClFN3. The number of rotatable bonds is 3. The molecular weight excluding hydrogens is 289 g/mol. The summed E-state index contributed by atoms with van der Waals surface area (Å²) < 4.78 is 13.6. The Labute approximate surface area is 130 Å². The summed E-state index contributed by atoms with van der Waals surface area (Å²) in [5, 5.41) is 0.0974. The van der Waals surface area contributed by atoms with Crippen molar-refractivity contribution in [3.63, 3.8) is 0 Å². The van der Waals surface area contributed by atoms with Gasteiger partial charge in [0.15, 0.2) is 0 Å². The van der Waals surface area contributed by atoms with Gasteiger partial charge in [-0.3, -0.25) is 0 Å². The zero-order valence-electron chi connectivity index (χ0n) is 12.3. The van der Waals surface area contributed by atoms with E-state index in [1.165, 1.54) is 44.6 Å². The fourth-order valence-corrected chi connectivity index (χ4v) is 3.68. The molecule has 2 heterocycles. The Morgan fingerprint density at radius 2 is 1.81 bits per heavy atom. The highest BCUT2D eigenvalue weighted by Gasteiger charge is 2.24. The zero-order valence-corrected chi connectivity index (χ0v) is 13.1. The first-order chi connectivity index (χ1) is 10.1. The summed E-state index contributed by atoms with van der Waals surface area (Å²) in [4.78, 5) is 4.77. The largest absolute Gasteiger partial charge is 0.397 e. The van der Waals surface area contributed by atoms with E-state index in [4.69, 9.17) is 17.3 Å². The summed E-state index contributed by atoms with van der Waals surface area (Å²) in [6, 6.07) is 2.99. The normalized spacial score (nSPS) is 21.1. The minimum atomic E-state index is -0.389. The van der Waals surface area contributed by atoms with Crippen LogP contribution in [0.2, 0.25) is 5.02 Å². The van der Waals surface area contributed by atoms with Crippen LogP contribution in [0.15, 0.2) is 12.1 Å². The molecule has 0 saturated carbocycles. The van der Waals surface area contributed by atoms with E-state index in [9.17, 15) is 4.39 Å². The van der Waals surface area contributed by atoms with Gasteiger partial charge in [-0.2, -0.15) is 0 Å². The van der Waals surface area contributed by atoms with Gasteiger partial charge in [0, 0.05) is 25.7 Å². The molecule has 0 atom stereocenters. The number of anilines is 2. The number of nitrogens with two attached hydrogens (primary N) is 1. The van der Waals surface area contributed by atoms with E-state index < -0.39 is 0 Å². The molecule has 2 aliphatic heterocycles. The molecule has 0 unspecified atom stereocenters. The smallest absolute Gasteiger partial charge is 0.144 e. The molecule has 2 aliphatic rings. The molecule has 0 aromatic heterocycles. The molecule has 0 aliphatic carbocycles. The maximum atomic E-state index is 13.6. The molecule has 2 saturated heterocycles. The Hall–Kier alpha value is -1.00. The van der Waals surface area contributed by atoms with Crippen molar-refractivity contribution >= 4 is 23.0 Å². The average Bonchev–Trinajstić information content (AvgIpc) is 2.97. The quantitative estimate of drug-likeness (QED) is 0.869. The Balaban J connectivity index is 1.59. The zero-order chi connectivity index (χ0) is 14.8. The van der Waals surface area contributed by atoms with Gasteiger partial charge >= 0.3 is 0 Å². The van der Waals surface area contributed by atoms with E-state index >= 15 is 0 Å². The van der Waals surface area contributed by atoms with Crippen molar-refractivity contribution in [3.8, 4) is 0 Å². The highest BCUT2D eigenvalue weighted by molar-refractivity contribution is 6.31. The third-order valence-electron chi connectivity index (χ3n) is 4.74. The number of benzene rings is 1. The SMILES string of the molecule is Nc1cc(Cl)c(F)cc1N1CCC(CN2CCCC2)CC1. The van der Waals surface area contributed by atoms with Crippen LogP contribution in [-0.4, -0.2) is 37.6 Å². The Morgan fingerprint density at radius 3 is 2.48 bits per heavy atom. The van der Waals surface area contributed by atoms with Crippen LogP contribution in [0, 0.1) is 11.7 Å². The number of piperidine rings is 1. The third kappa shape index (κ3) is 3.43. The third-order valence-corrected chi connectivity index (χ3v) is 5.03. The number of halogens is 2. The number of nitrogens with zero attached hydrogens (tertiary/aromatic N) is 2. The standard InChI is InChI=1S/C16H23ClFN3/c17-13-9-15(19)16(10-14(13)18)21-7-3-12(4-8-21)11-20-5-1-2-6-20/h9-10,12H,1-8,11,19H2. The lowest BCUT2D eigenvalue weighted by Crippen LogP contribution is -2.38. The van der Waals surface area contributed by atoms with Gasteiger partial charge in [0.2, 0.25) is 0 Å². The van der Waals surface area contributed by atoms with Gasteiger partial charge in [-0.15, -0.1) is 0 Å². The van der Waals surface area contributed by atoms with Crippen LogP contribution in [0.3, 0.4) is 0 Å². The first-order valence-electron chi connectivity index (χ1n) is 7.85. The second-order valence-corrected chi connectivity index (χ2v) is 6.67. The first-order valence-corrected chi connectivity index (χ1v) is 8.23. The number of likely N-dealkylation sites (tertiary alicyclic amines) is 1. The molecule has 1 aromatic rings. The molecule has 0 spiro atoms. The summed E-state index contributed by atoms with van der Waals surface area (Å²) in [7, 11) is 0. The summed E-state index contributed by atoms with van der Waals surface area (Å²) in [6.45, 7) is 5.64. The van der Waals surface area contributed by atoms with Crippen molar-refractivity contribution in [2.24, 2.45) is 5.92 Å². The molecule has 3 nitrogen and oxygen atoms in total. The van der Waals surface area contributed by atoms with Gasteiger partial charge in [-0.25, -0.2) is 4.39 Å². The maximum absolute atomic E-state index is 13.6. The van der Waals surface area contributed by atoms with Gasteiger partial charge in [0.25, 0.3) is 0 Å². The monoisotopic (exact) mass is 311 g/mol. The molecule has 1 aromatic carbocycles. The highest BCUT2D eigenvalue weighted by atomic mass is 35.5. The average molecular weight is 312 g/mol. The molecule has 5 heteroatoms. The van der Waals surface area contributed by atoms with Gasteiger partial charge in [-0.1, -0.05) is 11.6 Å². The Morgan fingerprint density at radius 1 is 1.14 bits per heavy atom. The highest BCUT2D eigenvalue weighted by Crippen LogP contribution is 2.32. The molecule has 2 N–H and O–H groups in total. The fourth-order valence-electron chi connectivity index (χ4n) is 3.51. The predicted molar refractivity (Wildman–Crippen MR) is 86.4 cm³/mol. The Kier molecular flexibility index (Phi) is 4.55. The lowest BCUT2D eigenvalue weighted by Gasteiger charge is -2.35. The van der Waals surface area contributed by atoms with Crippen LogP contribution < -0.4 is 10.6 Å². The molecule has 0 bridgehead atoms. The van der Waals surface area contributed by atoms with Gasteiger partial charge in [0.05, 0.1) is 16.4 Å². The molecule has 0 radical (unpaired) electrons. The van der Waals surface area contributed by atoms with Crippen molar-refractivity contribution in [2.45, 2.75) is 25.7 Å². The van der Waals surface area contributed by atoms with Crippen LogP contribution in [0.4, 0.5) is 15.8 Å². The lowest BCUT2D eigenvalue weighted by atomic mass is 9.95. The minimum Gasteiger partial charge on any atom is -0.397 e. The summed E-state index contributed by atoms with van der Waals surface area (Å²) >= 11 is 5.76. The molecule has 0 amide bonds. The van der Waals surface area contributed by atoms with Crippen LogP contribution in [0.5, 0.6) is 0 Å². The molecule has 21 heavy (non-hydrogen) atoms. The van der Waals surface area contributed by atoms with E-state index in [-0.39, 0.29) is 10.8 Å². The fraction of sp³-hybridized carbons (Fsp3) is 0.625. The molecule has 116 valence electrons. The van der Waals surface area contributed by atoms with E-state index in [2.05, 4.69) is 9.80 Å².